The Labute approximate surface area is 222 Å². The molecule has 0 fully saturated rings. The molecule has 6 nitrogen and oxygen atoms in total. The first-order valence-corrected chi connectivity index (χ1v) is 12.1. The van der Waals surface area contributed by atoms with E-state index in [2.05, 4.69) is 15.6 Å². The summed E-state index contributed by atoms with van der Waals surface area (Å²) in [4.78, 5) is 17.3. The quantitative estimate of drug-likeness (QED) is 0.228. The van der Waals surface area contributed by atoms with E-state index in [1.807, 2.05) is 50.2 Å². The molecule has 0 spiro atoms. The first-order valence-electron chi connectivity index (χ1n) is 10.9. The van der Waals surface area contributed by atoms with Crippen LogP contribution in [0.2, 0.25) is 10.0 Å². The number of aryl methyl sites for hydroxylation is 2. The van der Waals surface area contributed by atoms with Gasteiger partial charge in [-0.2, -0.15) is 0 Å². The molecule has 36 heavy (non-hydrogen) atoms. The molecule has 180 valence electrons. The molecule has 1 amide bonds. The van der Waals surface area contributed by atoms with Gasteiger partial charge in [-0.15, -0.1) is 0 Å². The Bertz CT molecular complexity index is 1640. The number of furan rings is 1. The van der Waals surface area contributed by atoms with Crippen LogP contribution in [0.5, 0.6) is 0 Å². The van der Waals surface area contributed by atoms with Crippen molar-refractivity contribution in [2.75, 3.05) is 5.32 Å². The van der Waals surface area contributed by atoms with Crippen LogP contribution in [0.3, 0.4) is 0 Å². The molecule has 0 saturated carbocycles. The predicted molar refractivity (Wildman–Crippen MR) is 147 cm³/mol. The highest BCUT2D eigenvalue weighted by Gasteiger charge is 2.16. The van der Waals surface area contributed by atoms with Crippen LogP contribution in [0.15, 0.2) is 75.6 Å². The van der Waals surface area contributed by atoms with Crippen LogP contribution in [0.1, 0.15) is 21.7 Å². The van der Waals surface area contributed by atoms with Crippen LogP contribution in [0, 0.1) is 13.8 Å². The Morgan fingerprint density at radius 3 is 2.58 bits per heavy atom. The van der Waals surface area contributed by atoms with Crippen LogP contribution in [0.4, 0.5) is 5.69 Å². The van der Waals surface area contributed by atoms with Crippen molar-refractivity contribution in [3.05, 3.63) is 93.7 Å². The fourth-order valence-corrected chi connectivity index (χ4v) is 4.37. The number of fused-ring (bicyclic) bond motifs is 1. The van der Waals surface area contributed by atoms with Crippen LogP contribution in [-0.4, -0.2) is 16.0 Å². The SMILES string of the molecule is Cc1ccc2oc(-c3ccc(C)c(NC(=S)NC(=O)c4ccc(-c5ccc(Cl)cc5Cl)o4)c3)nc2c1. The van der Waals surface area contributed by atoms with Gasteiger partial charge in [0, 0.05) is 21.8 Å². The maximum Gasteiger partial charge on any atom is 0.293 e. The highest BCUT2D eigenvalue weighted by atomic mass is 35.5. The minimum Gasteiger partial charge on any atom is -0.451 e. The van der Waals surface area contributed by atoms with E-state index < -0.39 is 5.91 Å². The number of aromatic nitrogens is 1. The van der Waals surface area contributed by atoms with E-state index in [1.165, 1.54) is 0 Å². The molecular formula is C27H19Cl2N3O3S. The molecule has 0 atom stereocenters. The molecule has 2 N–H and O–H groups in total. The van der Waals surface area contributed by atoms with Crippen LogP contribution >= 0.6 is 35.4 Å². The summed E-state index contributed by atoms with van der Waals surface area (Å²) in [6, 6.07) is 19.8. The number of halogens is 2. The maximum atomic E-state index is 12.7. The number of hydrogen-bond donors (Lipinski definition) is 2. The van der Waals surface area contributed by atoms with Crippen molar-refractivity contribution in [1.29, 1.82) is 0 Å². The van der Waals surface area contributed by atoms with Crippen molar-refractivity contribution in [2.24, 2.45) is 0 Å². The largest absolute Gasteiger partial charge is 0.451 e. The molecule has 0 aliphatic carbocycles. The van der Waals surface area contributed by atoms with Crippen molar-refractivity contribution in [1.82, 2.24) is 10.3 Å². The first-order chi connectivity index (χ1) is 17.3. The Kier molecular flexibility index (Phi) is 6.53. The number of carbonyl (C=O) groups excluding carboxylic acids is 1. The van der Waals surface area contributed by atoms with Gasteiger partial charge in [0.15, 0.2) is 16.5 Å². The topological polar surface area (TPSA) is 80.3 Å². The number of anilines is 1. The van der Waals surface area contributed by atoms with Gasteiger partial charge in [-0.3, -0.25) is 10.1 Å². The number of nitrogens with zero attached hydrogens (tertiary/aromatic N) is 1. The second-order valence-corrected chi connectivity index (χ2v) is 9.47. The number of benzene rings is 3. The van der Waals surface area contributed by atoms with Gasteiger partial charge < -0.3 is 14.2 Å². The smallest absolute Gasteiger partial charge is 0.293 e. The number of nitrogens with one attached hydrogen (secondary N) is 2. The van der Waals surface area contributed by atoms with Crippen molar-refractivity contribution >= 4 is 63.2 Å². The van der Waals surface area contributed by atoms with Gasteiger partial charge in [0.2, 0.25) is 5.89 Å². The van der Waals surface area contributed by atoms with Crippen molar-refractivity contribution in [2.45, 2.75) is 13.8 Å². The number of hydrogen-bond acceptors (Lipinski definition) is 5. The van der Waals surface area contributed by atoms with Gasteiger partial charge in [-0.25, -0.2) is 4.98 Å². The molecule has 0 radical (unpaired) electrons. The average molecular weight is 536 g/mol. The summed E-state index contributed by atoms with van der Waals surface area (Å²) in [5.41, 5.74) is 5.66. The number of amides is 1. The first kappa shape index (κ1) is 24.1. The minimum absolute atomic E-state index is 0.0902. The molecule has 2 aromatic heterocycles. The monoisotopic (exact) mass is 535 g/mol. The molecule has 5 rings (SSSR count). The van der Waals surface area contributed by atoms with Crippen molar-refractivity contribution < 1.29 is 13.6 Å². The third-order valence-electron chi connectivity index (χ3n) is 5.53. The fourth-order valence-electron chi connectivity index (χ4n) is 3.66. The lowest BCUT2D eigenvalue weighted by atomic mass is 10.1. The number of thiocarbonyl (C=S) groups is 1. The molecule has 0 bridgehead atoms. The molecular weight excluding hydrogens is 517 g/mol. The zero-order valence-electron chi connectivity index (χ0n) is 19.2. The molecule has 3 aromatic carbocycles. The van der Waals surface area contributed by atoms with E-state index in [9.17, 15) is 4.79 Å². The van der Waals surface area contributed by atoms with E-state index in [1.54, 1.807) is 30.3 Å². The van der Waals surface area contributed by atoms with E-state index in [0.29, 0.717) is 38.5 Å². The molecule has 5 aromatic rings. The second kappa shape index (κ2) is 9.78. The average Bonchev–Trinajstić information content (AvgIpc) is 3.48. The van der Waals surface area contributed by atoms with Crippen LogP contribution < -0.4 is 10.6 Å². The van der Waals surface area contributed by atoms with E-state index in [0.717, 1.165) is 22.2 Å². The van der Waals surface area contributed by atoms with E-state index >= 15 is 0 Å². The van der Waals surface area contributed by atoms with Crippen molar-refractivity contribution in [3.63, 3.8) is 0 Å². The fraction of sp³-hybridized carbons (Fsp3) is 0.0741. The molecule has 9 heteroatoms. The van der Waals surface area contributed by atoms with Crippen LogP contribution in [0.25, 0.3) is 33.9 Å². The number of carbonyl (C=O) groups is 1. The molecule has 0 aliphatic heterocycles. The second-order valence-electron chi connectivity index (χ2n) is 8.22. The zero-order chi connectivity index (χ0) is 25.4. The van der Waals surface area contributed by atoms with Gasteiger partial charge in [0.25, 0.3) is 5.91 Å². The lowest BCUT2D eigenvalue weighted by Gasteiger charge is -2.12. The Hall–Kier alpha value is -3.65. The van der Waals surface area contributed by atoms with Gasteiger partial charge in [-0.05, 0) is 91.8 Å². The summed E-state index contributed by atoms with van der Waals surface area (Å²) >= 11 is 17.6. The van der Waals surface area contributed by atoms with Crippen LogP contribution in [-0.2, 0) is 0 Å². The predicted octanol–water partition coefficient (Wildman–Crippen LogP) is 7.81. The molecule has 0 aliphatic rings. The zero-order valence-corrected chi connectivity index (χ0v) is 21.5. The summed E-state index contributed by atoms with van der Waals surface area (Å²) in [7, 11) is 0. The highest BCUT2D eigenvalue weighted by Crippen LogP contribution is 2.32. The minimum atomic E-state index is -0.494. The standard InChI is InChI=1S/C27H19Cl2N3O3S/c1-14-3-8-23-21(11-14)30-26(35-23)16-5-4-15(2)20(12-16)31-27(36)32-25(33)24-10-9-22(34-24)18-7-6-17(28)13-19(18)29/h3-13H,1-2H3,(H2,31,32,33,36). The van der Waals surface area contributed by atoms with Gasteiger partial charge in [0.1, 0.15) is 11.3 Å². The summed E-state index contributed by atoms with van der Waals surface area (Å²) in [5.74, 6) is 0.537. The third-order valence-corrected chi connectivity index (χ3v) is 6.28. The Balaban J connectivity index is 1.30. The van der Waals surface area contributed by atoms with E-state index in [-0.39, 0.29) is 10.9 Å². The van der Waals surface area contributed by atoms with E-state index in [4.69, 9.17) is 44.3 Å². The van der Waals surface area contributed by atoms with Crippen molar-refractivity contribution in [3.8, 4) is 22.8 Å². The van der Waals surface area contributed by atoms with Gasteiger partial charge in [-0.1, -0.05) is 35.3 Å². The normalized spacial score (nSPS) is 11.0. The molecule has 0 unspecified atom stereocenters. The number of oxazole rings is 1. The molecule has 0 saturated heterocycles. The highest BCUT2D eigenvalue weighted by molar-refractivity contribution is 7.80. The number of rotatable bonds is 4. The Morgan fingerprint density at radius 2 is 1.78 bits per heavy atom. The lowest BCUT2D eigenvalue weighted by Crippen LogP contribution is -2.34. The summed E-state index contributed by atoms with van der Waals surface area (Å²) in [6.45, 7) is 3.94. The summed E-state index contributed by atoms with van der Waals surface area (Å²) < 4.78 is 11.6. The maximum absolute atomic E-state index is 12.7. The van der Waals surface area contributed by atoms with Gasteiger partial charge in [0.05, 0.1) is 5.02 Å². The molecule has 2 heterocycles. The third kappa shape index (κ3) is 4.99. The lowest BCUT2D eigenvalue weighted by molar-refractivity contribution is 0.0951. The van der Waals surface area contributed by atoms with Gasteiger partial charge >= 0.3 is 0 Å². The summed E-state index contributed by atoms with van der Waals surface area (Å²) in [6.07, 6.45) is 0. The summed E-state index contributed by atoms with van der Waals surface area (Å²) in [5, 5.41) is 6.76. The Morgan fingerprint density at radius 1 is 0.944 bits per heavy atom.